The molecule has 0 amide bonds. The van der Waals surface area contributed by atoms with Gasteiger partial charge in [0.05, 0.1) is 19.8 Å². The summed E-state index contributed by atoms with van der Waals surface area (Å²) < 4.78 is 11.0. The Balaban J connectivity index is 2.48. The van der Waals surface area contributed by atoms with Crippen LogP contribution in [0.25, 0.3) is 0 Å². The van der Waals surface area contributed by atoms with Gasteiger partial charge in [0.25, 0.3) is 0 Å². The van der Waals surface area contributed by atoms with Crippen molar-refractivity contribution in [3.8, 4) is 11.5 Å². The second kappa shape index (κ2) is 5.96. The molecule has 0 heterocycles. The van der Waals surface area contributed by atoms with Crippen LogP contribution in [-0.2, 0) is 0 Å². The lowest BCUT2D eigenvalue weighted by Gasteiger charge is -2.10. The van der Waals surface area contributed by atoms with E-state index in [1.165, 1.54) is 7.11 Å². The van der Waals surface area contributed by atoms with Gasteiger partial charge >= 0.3 is 0 Å². The summed E-state index contributed by atoms with van der Waals surface area (Å²) in [4.78, 5) is 12.6. The topological polar surface area (TPSA) is 61.5 Å². The molecule has 4 nitrogen and oxygen atoms in total. The third-order valence-corrected chi connectivity index (χ3v) is 3.55. The number of anilines is 1. The predicted octanol–water partition coefficient (Wildman–Crippen LogP) is 3.28. The van der Waals surface area contributed by atoms with Gasteiger partial charge in [0.2, 0.25) is 0 Å². The Hall–Kier alpha value is -2.01. The number of hydrogen-bond acceptors (Lipinski definition) is 4. The lowest BCUT2D eigenvalue weighted by atomic mass is 10.0. The van der Waals surface area contributed by atoms with Gasteiger partial charge in [-0.15, -0.1) is 0 Å². The minimum absolute atomic E-state index is 0.163. The molecule has 0 unspecified atom stereocenters. The van der Waals surface area contributed by atoms with Crippen molar-refractivity contribution < 1.29 is 14.3 Å². The zero-order valence-electron chi connectivity index (χ0n) is 11.1. The summed E-state index contributed by atoms with van der Waals surface area (Å²) in [6.45, 7) is 0. The molecule has 0 aliphatic carbocycles. The highest BCUT2D eigenvalue weighted by Gasteiger charge is 2.17. The Morgan fingerprint density at radius 3 is 2.40 bits per heavy atom. The molecule has 0 saturated carbocycles. The van der Waals surface area contributed by atoms with E-state index in [2.05, 4.69) is 15.9 Å². The van der Waals surface area contributed by atoms with Crippen LogP contribution in [0.3, 0.4) is 0 Å². The molecule has 104 valence electrons. The fraction of sp³-hybridized carbons (Fsp3) is 0.133. The Bertz CT molecular complexity index is 656. The van der Waals surface area contributed by atoms with Gasteiger partial charge in [-0.05, 0) is 52.3 Å². The molecule has 0 spiro atoms. The van der Waals surface area contributed by atoms with Crippen LogP contribution >= 0.6 is 15.9 Å². The number of nitrogen functional groups attached to an aromatic ring is 1. The van der Waals surface area contributed by atoms with Crippen LogP contribution in [0.5, 0.6) is 11.5 Å². The average molecular weight is 336 g/mol. The summed E-state index contributed by atoms with van der Waals surface area (Å²) in [6.07, 6.45) is 0. The molecule has 0 fully saturated rings. The largest absolute Gasteiger partial charge is 0.497 e. The van der Waals surface area contributed by atoms with Crippen LogP contribution in [0.1, 0.15) is 15.9 Å². The molecule has 0 atom stereocenters. The molecule has 0 radical (unpaired) electrons. The summed E-state index contributed by atoms with van der Waals surface area (Å²) >= 11 is 3.38. The van der Waals surface area contributed by atoms with Gasteiger partial charge in [0, 0.05) is 15.7 Å². The highest BCUT2D eigenvalue weighted by molar-refractivity contribution is 9.10. The number of ether oxygens (including phenoxy) is 2. The lowest BCUT2D eigenvalue weighted by Crippen LogP contribution is -2.06. The van der Waals surface area contributed by atoms with Crippen LogP contribution in [-0.4, -0.2) is 20.0 Å². The Morgan fingerprint density at radius 2 is 1.80 bits per heavy atom. The fourth-order valence-corrected chi connectivity index (χ4v) is 2.39. The van der Waals surface area contributed by atoms with Crippen molar-refractivity contribution in [1.82, 2.24) is 0 Å². The lowest BCUT2D eigenvalue weighted by molar-refractivity contribution is 0.103. The van der Waals surface area contributed by atoms with Gasteiger partial charge in [0.1, 0.15) is 11.5 Å². The zero-order valence-corrected chi connectivity index (χ0v) is 12.7. The maximum absolute atomic E-state index is 12.6. The second-order valence-corrected chi connectivity index (χ2v) is 4.99. The molecule has 0 saturated heterocycles. The third kappa shape index (κ3) is 2.77. The van der Waals surface area contributed by atoms with E-state index in [0.717, 1.165) is 0 Å². The number of rotatable bonds is 4. The number of carbonyl (C=O) groups excluding carboxylic acids is 1. The predicted molar refractivity (Wildman–Crippen MR) is 81.5 cm³/mol. The quantitative estimate of drug-likeness (QED) is 0.688. The first kappa shape index (κ1) is 14.4. The summed E-state index contributed by atoms with van der Waals surface area (Å²) in [7, 11) is 3.09. The number of carbonyl (C=O) groups is 1. The number of benzene rings is 2. The standard InChI is InChI=1S/C15H14BrNO3/c1-19-10-4-5-11(13(16)8-10)15(18)12-7-9(17)3-6-14(12)20-2/h3-8H,17H2,1-2H3. The smallest absolute Gasteiger partial charge is 0.197 e. The van der Waals surface area contributed by atoms with Crippen LogP contribution < -0.4 is 15.2 Å². The van der Waals surface area contributed by atoms with Crippen molar-refractivity contribution in [1.29, 1.82) is 0 Å². The van der Waals surface area contributed by atoms with Crippen molar-refractivity contribution in [2.75, 3.05) is 20.0 Å². The number of methoxy groups -OCH3 is 2. The molecule has 2 aromatic rings. The molecule has 0 aromatic heterocycles. The minimum Gasteiger partial charge on any atom is -0.497 e. The van der Waals surface area contributed by atoms with Crippen LogP contribution in [0.15, 0.2) is 40.9 Å². The Morgan fingerprint density at radius 1 is 1.05 bits per heavy atom. The molecule has 0 aliphatic heterocycles. The Kier molecular flexibility index (Phi) is 4.29. The maximum Gasteiger partial charge on any atom is 0.197 e. The van der Waals surface area contributed by atoms with Crippen LogP contribution in [0.2, 0.25) is 0 Å². The molecule has 2 aromatic carbocycles. The highest BCUT2D eigenvalue weighted by atomic mass is 79.9. The highest BCUT2D eigenvalue weighted by Crippen LogP contribution is 2.29. The van der Waals surface area contributed by atoms with Crippen molar-refractivity contribution in [3.63, 3.8) is 0 Å². The first-order chi connectivity index (χ1) is 9.56. The number of ketones is 1. The van der Waals surface area contributed by atoms with Gasteiger partial charge < -0.3 is 15.2 Å². The van der Waals surface area contributed by atoms with Crippen molar-refractivity contribution >= 4 is 27.4 Å². The monoisotopic (exact) mass is 335 g/mol. The van der Waals surface area contributed by atoms with E-state index in [9.17, 15) is 4.79 Å². The average Bonchev–Trinajstić information content (AvgIpc) is 2.46. The van der Waals surface area contributed by atoms with E-state index in [0.29, 0.717) is 32.8 Å². The van der Waals surface area contributed by atoms with Crippen molar-refractivity contribution in [3.05, 3.63) is 52.0 Å². The minimum atomic E-state index is -0.163. The zero-order chi connectivity index (χ0) is 14.7. The van der Waals surface area contributed by atoms with Crippen LogP contribution in [0.4, 0.5) is 5.69 Å². The second-order valence-electron chi connectivity index (χ2n) is 4.13. The summed E-state index contributed by atoms with van der Waals surface area (Å²) in [5, 5.41) is 0. The van der Waals surface area contributed by atoms with Crippen LogP contribution in [0, 0.1) is 0 Å². The van der Waals surface area contributed by atoms with E-state index in [4.69, 9.17) is 15.2 Å². The molecule has 0 bridgehead atoms. The SMILES string of the molecule is COc1ccc(C(=O)c2cc(N)ccc2OC)c(Br)c1. The van der Waals surface area contributed by atoms with E-state index < -0.39 is 0 Å². The van der Waals surface area contributed by atoms with Gasteiger partial charge in [-0.2, -0.15) is 0 Å². The van der Waals surface area contributed by atoms with Crippen molar-refractivity contribution in [2.24, 2.45) is 0 Å². The van der Waals surface area contributed by atoms with Gasteiger partial charge in [-0.25, -0.2) is 0 Å². The molecule has 2 rings (SSSR count). The fourth-order valence-electron chi connectivity index (χ4n) is 1.86. The van der Waals surface area contributed by atoms with Gasteiger partial charge in [0.15, 0.2) is 5.78 Å². The maximum atomic E-state index is 12.6. The number of hydrogen-bond donors (Lipinski definition) is 1. The molecule has 5 heteroatoms. The molecular weight excluding hydrogens is 322 g/mol. The van der Waals surface area contributed by atoms with E-state index in [1.807, 2.05) is 0 Å². The molecule has 20 heavy (non-hydrogen) atoms. The first-order valence-electron chi connectivity index (χ1n) is 5.88. The summed E-state index contributed by atoms with van der Waals surface area (Å²) in [5.74, 6) is 1.00. The first-order valence-corrected chi connectivity index (χ1v) is 6.68. The van der Waals surface area contributed by atoms with E-state index in [1.54, 1.807) is 43.5 Å². The summed E-state index contributed by atoms with van der Waals surface area (Å²) in [5.41, 5.74) is 7.21. The molecule has 0 aliphatic rings. The van der Waals surface area contributed by atoms with Gasteiger partial charge in [-0.1, -0.05) is 0 Å². The number of nitrogens with two attached hydrogens (primary N) is 1. The molecular formula is C15H14BrNO3. The van der Waals surface area contributed by atoms with Gasteiger partial charge in [-0.3, -0.25) is 4.79 Å². The van der Waals surface area contributed by atoms with E-state index in [-0.39, 0.29) is 5.78 Å². The normalized spacial score (nSPS) is 10.2. The van der Waals surface area contributed by atoms with Crippen molar-refractivity contribution in [2.45, 2.75) is 0 Å². The van der Waals surface area contributed by atoms with E-state index >= 15 is 0 Å². The Labute approximate surface area is 125 Å². The number of halogens is 1. The summed E-state index contributed by atoms with van der Waals surface area (Å²) in [6, 6.07) is 10.2. The molecule has 2 N–H and O–H groups in total. The third-order valence-electron chi connectivity index (χ3n) is 2.89.